The fourth-order valence-electron chi connectivity index (χ4n) is 1.50. The Labute approximate surface area is 93.4 Å². The molecule has 0 saturated carbocycles. The molecule has 1 aromatic carbocycles. The van der Waals surface area contributed by atoms with Crippen LogP contribution in [0.4, 0.5) is 13.2 Å². The van der Waals surface area contributed by atoms with Crippen molar-refractivity contribution in [2.24, 2.45) is 0 Å². The third-order valence-electron chi connectivity index (χ3n) is 2.22. The molecule has 0 aliphatic heterocycles. The number of benzene rings is 1. The Balaban J connectivity index is 2.90. The first-order chi connectivity index (χ1) is 7.95. The van der Waals surface area contributed by atoms with Crippen LogP contribution in [0, 0.1) is 0 Å². The lowest BCUT2D eigenvalue weighted by atomic mass is 10.2. The van der Waals surface area contributed by atoms with E-state index in [1.54, 1.807) is 0 Å². The molecule has 0 N–H and O–H groups in total. The van der Waals surface area contributed by atoms with E-state index >= 15 is 0 Å². The maximum Gasteiger partial charge on any atom is 0.453 e. The molecule has 1 aromatic heterocycles. The number of halogens is 3. The predicted octanol–water partition coefficient (Wildman–Crippen LogP) is 2.82. The van der Waals surface area contributed by atoms with Gasteiger partial charge in [-0.15, -0.1) is 0 Å². The Morgan fingerprint density at radius 3 is 2.47 bits per heavy atom. The molecule has 1 heterocycles. The minimum Gasteiger partial charge on any atom is -0.490 e. The van der Waals surface area contributed by atoms with Crippen LogP contribution in [0.25, 0.3) is 11.0 Å². The number of hydrogen-bond acceptors (Lipinski definition) is 3. The van der Waals surface area contributed by atoms with Gasteiger partial charge in [-0.2, -0.15) is 13.2 Å². The minimum absolute atomic E-state index is 0.0531. The fourth-order valence-corrected chi connectivity index (χ4v) is 1.50. The van der Waals surface area contributed by atoms with Crippen LogP contribution in [0.1, 0.15) is 5.76 Å². The first-order valence-electron chi connectivity index (χ1n) is 4.62. The number of alkyl halides is 3. The second-order valence-corrected chi connectivity index (χ2v) is 3.29. The Morgan fingerprint density at radius 1 is 1.24 bits per heavy atom. The van der Waals surface area contributed by atoms with Crippen LogP contribution >= 0.6 is 0 Å². The van der Waals surface area contributed by atoms with E-state index in [-0.39, 0.29) is 11.0 Å². The summed E-state index contributed by atoms with van der Waals surface area (Å²) in [7, 11) is 0.996. The minimum atomic E-state index is -4.77. The molecular weight excluding hydrogens is 237 g/mol. The highest BCUT2D eigenvalue weighted by molar-refractivity contribution is 5.78. The van der Waals surface area contributed by atoms with Crippen molar-refractivity contribution in [3.05, 3.63) is 40.2 Å². The number of methoxy groups -OCH3 is 1. The zero-order chi connectivity index (χ0) is 12.6. The summed E-state index contributed by atoms with van der Waals surface area (Å²) in [4.78, 5) is 11.7. The second-order valence-electron chi connectivity index (χ2n) is 3.29. The molecule has 0 unspecified atom stereocenters. The molecule has 0 radical (unpaired) electrons. The van der Waals surface area contributed by atoms with Crippen LogP contribution in [0.5, 0.6) is 5.75 Å². The molecule has 2 rings (SSSR count). The van der Waals surface area contributed by atoms with Crippen molar-refractivity contribution < 1.29 is 22.3 Å². The molecule has 2 aromatic rings. The number of hydrogen-bond donors (Lipinski definition) is 0. The van der Waals surface area contributed by atoms with Crippen molar-refractivity contribution in [3.63, 3.8) is 0 Å². The van der Waals surface area contributed by atoms with E-state index in [1.165, 1.54) is 24.3 Å². The van der Waals surface area contributed by atoms with Gasteiger partial charge in [0.1, 0.15) is 5.58 Å². The molecule has 17 heavy (non-hydrogen) atoms. The third kappa shape index (κ3) is 1.86. The molecular formula is C11H7F3O3. The molecule has 90 valence electrons. The Kier molecular flexibility index (Phi) is 2.57. The van der Waals surface area contributed by atoms with E-state index in [1.807, 2.05) is 0 Å². The number of ether oxygens (including phenoxy) is 1. The fraction of sp³-hybridized carbons (Fsp3) is 0.182. The lowest BCUT2D eigenvalue weighted by Crippen LogP contribution is -2.15. The summed E-state index contributed by atoms with van der Waals surface area (Å²) in [6.45, 7) is 0. The molecule has 0 spiro atoms. The molecule has 0 saturated heterocycles. The second kappa shape index (κ2) is 3.80. The predicted molar refractivity (Wildman–Crippen MR) is 54.0 cm³/mol. The van der Waals surface area contributed by atoms with Crippen LogP contribution in [-0.2, 0) is 6.18 Å². The number of fused-ring (bicyclic) bond motifs is 1. The van der Waals surface area contributed by atoms with Crippen LogP contribution in [-0.4, -0.2) is 7.11 Å². The topological polar surface area (TPSA) is 39.4 Å². The van der Waals surface area contributed by atoms with Gasteiger partial charge in [-0.05, 0) is 12.1 Å². The summed E-state index contributed by atoms with van der Waals surface area (Å²) in [6, 6.07) is 5.69. The standard InChI is InChI=1S/C11H7F3O3/c1-16-9-8(15)6-4-2-3-5-7(6)17-10(9)11(12,13)14/h2-5H,1H3. The normalized spacial score (nSPS) is 11.8. The van der Waals surface area contributed by atoms with Crippen molar-refractivity contribution in [3.8, 4) is 5.75 Å². The van der Waals surface area contributed by atoms with E-state index in [2.05, 4.69) is 9.15 Å². The smallest absolute Gasteiger partial charge is 0.453 e. The highest BCUT2D eigenvalue weighted by Gasteiger charge is 2.39. The number of para-hydroxylation sites is 1. The molecule has 0 atom stereocenters. The molecule has 0 aliphatic rings. The van der Waals surface area contributed by atoms with E-state index < -0.39 is 23.1 Å². The Morgan fingerprint density at radius 2 is 1.88 bits per heavy atom. The van der Waals surface area contributed by atoms with Gasteiger partial charge < -0.3 is 9.15 Å². The summed E-state index contributed by atoms with van der Waals surface area (Å²) >= 11 is 0. The average Bonchev–Trinajstić information content (AvgIpc) is 2.28. The quantitative estimate of drug-likeness (QED) is 0.774. The lowest BCUT2D eigenvalue weighted by molar-refractivity contribution is -0.154. The van der Waals surface area contributed by atoms with Crippen molar-refractivity contribution >= 4 is 11.0 Å². The van der Waals surface area contributed by atoms with Gasteiger partial charge in [0, 0.05) is 0 Å². The van der Waals surface area contributed by atoms with E-state index in [0.29, 0.717) is 0 Å². The van der Waals surface area contributed by atoms with Crippen LogP contribution in [0.3, 0.4) is 0 Å². The van der Waals surface area contributed by atoms with Gasteiger partial charge >= 0.3 is 6.18 Å². The largest absolute Gasteiger partial charge is 0.490 e. The molecule has 3 nitrogen and oxygen atoms in total. The van der Waals surface area contributed by atoms with Crippen molar-refractivity contribution in [2.75, 3.05) is 7.11 Å². The molecule has 0 bridgehead atoms. The number of rotatable bonds is 1. The zero-order valence-corrected chi connectivity index (χ0v) is 8.67. The van der Waals surface area contributed by atoms with E-state index in [4.69, 9.17) is 0 Å². The van der Waals surface area contributed by atoms with Gasteiger partial charge in [0.05, 0.1) is 12.5 Å². The van der Waals surface area contributed by atoms with Gasteiger partial charge in [0.2, 0.25) is 11.2 Å². The maximum absolute atomic E-state index is 12.6. The molecule has 0 amide bonds. The summed E-state index contributed by atoms with van der Waals surface area (Å²) < 4.78 is 47.1. The summed E-state index contributed by atoms with van der Waals surface area (Å²) in [5.74, 6) is -2.24. The van der Waals surface area contributed by atoms with Crippen LogP contribution in [0.2, 0.25) is 0 Å². The average molecular weight is 244 g/mol. The highest BCUT2D eigenvalue weighted by atomic mass is 19.4. The zero-order valence-electron chi connectivity index (χ0n) is 8.67. The van der Waals surface area contributed by atoms with E-state index in [9.17, 15) is 18.0 Å². The van der Waals surface area contributed by atoms with E-state index in [0.717, 1.165) is 7.11 Å². The maximum atomic E-state index is 12.6. The lowest BCUT2D eigenvalue weighted by Gasteiger charge is -2.10. The first kappa shape index (κ1) is 11.5. The highest BCUT2D eigenvalue weighted by Crippen LogP contribution is 2.36. The van der Waals surface area contributed by atoms with Gasteiger partial charge in [-0.3, -0.25) is 4.79 Å². The third-order valence-corrected chi connectivity index (χ3v) is 2.22. The molecule has 0 aliphatic carbocycles. The van der Waals surface area contributed by atoms with Gasteiger partial charge in [0.15, 0.2) is 0 Å². The van der Waals surface area contributed by atoms with Crippen molar-refractivity contribution in [1.29, 1.82) is 0 Å². The van der Waals surface area contributed by atoms with Crippen molar-refractivity contribution in [2.45, 2.75) is 6.18 Å². The van der Waals surface area contributed by atoms with Gasteiger partial charge in [-0.1, -0.05) is 12.1 Å². The summed E-state index contributed by atoms with van der Waals surface area (Å²) in [6.07, 6.45) is -4.77. The Hall–Kier alpha value is -1.98. The van der Waals surface area contributed by atoms with Crippen molar-refractivity contribution in [1.82, 2.24) is 0 Å². The van der Waals surface area contributed by atoms with Gasteiger partial charge in [0.25, 0.3) is 5.76 Å². The molecule has 6 heteroatoms. The monoisotopic (exact) mass is 244 g/mol. The Bertz CT molecular complexity index is 613. The summed E-state index contributed by atoms with van der Waals surface area (Å²) in [5.41, 5.74) is -0.952. The first-order valence-corrected chi connectivity index (χ1v) is 4.62. The SMILES string of the molecule is COc1c(C(F)(F)F)oc2ccccc2c1=O. The van der Waals surface area contributed by atoms with Crippen LogP contribution < -0.4 is 10.2 Å². The van der Waals surface area contributed by atoms with Gasteiger partial charge in [-0.25, -0.2) is 0 Å². The molecule has 0 fully saturated rings. The summed E-state index contributed by atoms with van der Waals surface area (Å²) in [5, 5.41) is 0.0531. The van der Waals surface area contributed by atoms with Crippen LogP contribution in [0.15, 0.2) is 33.5 Å².